The average molecular weight is 286 g/mol. The maximum Gasteiger partial charge on any atom is 0.124 e. The maximum absolute atomic E-state index is 8.98. The summed E-state index contributed by atoms with van der Waals surface area (Å²) in [6.07, 6.45) is 1.31. The van der Waals surface area contributed by atoms with E-state index in [1.807, 2.05) is 32.3 Å². The average Bonchev–Trinajstić information content (AvgIpc) is 2.80. The van der Waals surface area contributed by atoms with E-state index in [2.05, 4.69) is 27.4 Å². The lowest BCUT2D eigenvalue weighted by Gasteiger charge is -2.12. The topological polar surface area (TPSA) is 54.1 Å². The van der Waals surface area contributed by atoms with Crippen molar-refractivity contribution in [3.05, 3.63) is 24.0 Å². The fourth-order valence-electron chi connectivity index (χ4n) is 2.22. The number of benzene rings is 1. The normalized spacial score (nSPS) is 11.0. The van der Waals surface area contributed by atoms with Crippen molar-refractivity contribution in [2.45, 2.75) is 26.3 Å². The Kier molecular flexibility index (Phi) is 5.18. The number of nitriles is 1. The van der Waals surface area contributed by atoms with Crippen LogP contribution in [0.5, 0.6) is 5.75 Å². The molecule has 0 aliphatic carbocycles. The van der Waals surface area contributed by atoms with E-state index in [4.69, 9.17) is 10.00 Å². The highest BCUT2D eigenvalue weighted by Crippen LogP contribution is 2.22. The fourth-order valence-corrected chi connectivity index (χ4v) is 2.22. The van der Waals surface area contributed by atoms with E-state index in [-0.39, 0.29) is 0 Å². The number of nitrogens with zero attached hydrogens (tertiary/aromatic N) is 4. The highest BCUT2D eigenvalue weighted by Gasteiger charge is 2.11. The number of aromatic nitrogens is 2. The van der Waals surface area contributed by atoms with Crippen LogP contribution in [0.4, 0.5) is 0 Å². The third-order valence-corrected chi connectivity index (χ3v) is 3.28. The quantitative estimate of drug-likeness (QED) is 0.784. The first-order chi connectivity index (χ1) is 10.2. The number of likely N-dealkylation sites (N-methyl/N-ethyl adjacent to an activating group) is 1. The maximum atomic E-state index is 8.98. The van der Waals surface area contributed by atoms with Crippen molar-refractivity contribution in [3.8, 4) is 11.8 Å². The molecule has 1 aromatic carbocycles. The van der Waals surface area contributed by atoms with Crippen LogP contribution >= 0.6 is 0 Å². The van der Waals surface area contributed by atoms with E-state index < -0.39 is 0 Å². The van der Waals surface area contributed by atoms with Crippen LogP contribution in [-0.4, -0.2) is 41.7 Å². The summed E-state index contributed by atoms with van der Waals surface area (Å²) in [4.78, 5) is 6.72. The van der Waals surface area contributed by atoms with Crippen LogP contribution in [0.15, 0.2) is 18.2 Å². The molecule has 2 aromatic rings. The second-order valence-corrected chi connectivity index (χ2v) is 5.32. The molecule has 0 spiro atoms. The van der Waals surface area contributed by atoms with Crippen molar-refractivity contribution >= 4 is 11.0 Å². The Balaban J connectivity index is 2.35. The molecule has 0 N–H and O–H groups in total. The van der Waals surface area contributed by atoms with Gasteiger partial charge in [0, 0.05) is 19.2 Å². The highest BCUT2D eigenvalue weighted by atomic mass is 16.5. The summed E-state index contributed by atoms with van der Waals surface area (Å²) in [5, 5.41) is 8.98. The molecule has 0 aliphatic heterocycles. The van der Waals surface area contributed by atoms with E-state index in [1.165, 1.54) is 0 Å². The van der Waals surface area contributed by atoms with Crippen molar-refractivity contribution < 1.29 is 4.74 Å². The highest BCUT2D eigenvalue weighted by molar-refractivity contribution is 5.78. The first kappa shape index (κ1) is 15.3. The van der Waals surface area contributed by atoms with E-state index in [9.17, 15) is 0 Å². The zero-order chi connectivity index (χ0) is 15.2. The number of fused-ring (bicyclic) bond motifs is 1. The minimum atomic E-state index is 0.327. The molecule has 2 rings (SSSR count). The molecular weight excluding hydrogens is 264 g/mol. The third kappa shape index (κ3) is 3.73. The summed E-state index contributed by atoms with van der Waals surface area (Å²) in [7, 11) is 4.08. The lowest BCUT2D eigenvalue weighted by molar-refractivity contribution is 0.318. The number of hydrogen-bond acceptors (Lipinski definition) is 4. The van der Waals surface area contributed by atoms with Gasteiger partial charge in [0.1, 0.15) is 11.6 Å². The van der Waals surface area contributed by atoms with Gasteiger partial charge in [0.05, 0.1) is 30.1 Å². The zero-order valence-electron chi connectivity index (χ0n) is 13.0. The van der Waals surface area contributed by atoms with Crippen LogP contribution in [0.25, 0.3) is 11.0 Å². The lowest BCUT2D eigenvalue weighted by atomic mass is 10.3. The minimum Gasteiger partial charge on any atom is -0.494 e. The molecule has 1 aromatic heterocycles. The number of imidazole rings is 1. The number of rotatable bonds is 7. The van der Waals surface area contributed by atoms with Gasteiger partial charge in [-0.1, -0.05) is 6.92 Å². The van der Waals surface area contributed by atoms with Gasteiger partial charge in [0.15, 0.2) is 0 Å². The van der Waals surface area contributed by atoms with Crippen molar-refractivity contribution in [1.82, 2.24) is 14.5 Å². The zero-order valence-corrected chi connectivity index (χ0v) is 13.0. The molecule has 0 saturated carbocycles. The predicted molar refractivity (Wildman–Crippen MR) is 83.4 cm³/mol. The molecule has 21 heavy (non-hydrogen) atoms. The molecule has 0 saturated heterocycles. The number of hydrogen-bond donors (Lipinski definition) is 0. The standard InChI is InChI=1S/C16H22N4O/c1-4-11-21-13-5-6-15-14(12-13)18-16(7-8-17)20(15)10-9-19(2)3/h5-6,12H,4,7,9-11H2,1-3H3. The Hall–Kier alpha value is -2.06. The number of ether oxygens (including phenoxy) is 1. The Labute approximate surface area is 125 Å². The second-order valence-electron chi connectivity index (χ2n) is 5.32. The third-order valence-electron chi connectivity index (χ3n) is 3.28. The summed E-state index contributed by atoms with van der Waals surface area (Å²) >= 11 is 0. The van der Waals surface area contributed by atoms with Gasteiger partial charge in [-0.05, 0) is 32.6 Å². The molecule has 0 radical (unpaired) electrons. The van der Waals surface area contributed by atoms with Crippen LogP contribution in [0.3, 0.4) is 0 Å². The van der Waals surface area contributed by atoms with Crippen LogP contribution in [-0.2, 0) is 13.0 Å². The van der Waals surface area contributed by atoms with Crippen molar-refractivity contribution in [3.63, 3.8) is 0 Å². The SMILES string of the molecule is CCCOc1ccc2c(c1)nc(CC#N)n2CCN(C)C. The van der Waals surface area contributed by atoms with Crippen molar-refractivity contribution in [1.29, 1.82) is 5.26 Å². The molecular formula is C16H22N4O. The van der Waals surface area contributed by atoms with Gasteiger partial charge in [-0.2, -0.15) is 5.26 Å². The molecule has 5 heteroatoms. The van der Waals surface area contributed by atoms with Crippen LogP contribution in [0.2, 0.25) is 0 Å². The Morgan fingerprint density at radius 3 is 2.86 bits per heavy atom. The molecule has 5 nitrogen and oxygen atoms in total. The molecule has 112 valence electrons. The molecule has 0 unspecified atom stereocenters. The molecule has 0 fully saturated rings. The van der Waals surface area contributed by atoms with E-state index in [1.54, 1.807) is 0 Å². The van der Waals surface area contributed by atoms with E-state index in [0.717, 1.165) is 42.1 Å². The van der Waals surface area contributed by atoms with Gasteiger partial charge in [-0.3, -0.25) is 0 Å². The lowest BCUT2D eigenvalue weighted by Crippen LogP contribution is -2.19. The summed E-state index contributed by atoms with van der Waals surface area (Å²) < 4.78 is 7.78. The van der Waals surface area contributed by atoms with Gasteiger partial charge in [0.2, 0.25) is 0 Å². The summed E-state index contributed by atoms with van der Waals surface area (Å²) in [5.74, 6) is 1.66. The predicted octanol–water partition coefficient (Wildman–Crippen LogP) is 2.45. The summed E-state index contributed by atoms with van der Waals surface area (Å²) in [6, 6.07) is 8.16. The summed E-state index contributed by atoms with van der Waals surface area (Å²) in [6.45, 7) is 4.53. The largest absolute Gasteiger partial charge is 0.494 e. The second kappa shape index (κ2) is 7.09. The Morgan fingerprint density at radius 1 is 1.38 bits per heavy atom. The van der Waals surface area contributed by atoms with Gasteiger partial charge >= 0.3 is 0 Å². The Morgan fingerprint density at radius 2 is 2.19 bits per heavy atom. The van der Waals surface area contributed by atoms with E-state index >= 15 is 0 Å². The molecule has 0 atom stereocenters. The van der Waals surface area contributed by atoms with Gasteiger partial charge in [-0.15, -0.1) is 0 Å². The van der Waals surface area contributed by atoms with Crippen LogP contribution in [0.1, 0.15) is 19.2 Å². The van der Waals surface area contributed by atoms with Gasteiger partial charge in [0.25, 0.3) is 0 Å². The fraction of sp³-hybridized carbons (Fsp3) is 0.500. The monoisotopic (exact) mass is 286 g/mol. The van der Waals surface area contributed by atoms with Crippen LogP contribution < -0.4 is 4.74 Å². The molecule has 0 aliphatic rings. The minimum absolute atomic E-state index is 0.327. The molecule has 1 heterocycles. The molecule has 0 bridgehead atoms. The smallest absolute Gasteiger partial charge is 0.124 e. The summed E-state index contributed by atoms with van der Waals surface area (Å²) in [5.41, 5.74) is 1.96. The first-order valence-corrected chi connectivity index (χ1v) is 7.29. The first-order valence-electron chi connectivity index (χ1n) is 7.29. The van der Waals surface area contributed by atoms with Gasteiger partial charge in [-0.25, -0.2) is 4.98 Å². The van der Waals surface area contributed by atoms with Gasteiger partial charge < -0.3 is 14.2 Å². The van der Waals surface area contributed by atoms with Crippen molar-refractivity contribution in [2.75, 3.05) is 27.2 Å². The van der Waals surface area contributed by atoms with Crippen molar-refractivity contribution in [2.24, 2.45) is 0 Å². The van der Waals surface area contributed by atoms with E-state index in [0.29, 0.717) is 13.0 Å². The van der Waals surface area contributed by atoms with Crippen LogP contribution in [0, 0.1) is 11.3 Å². The Bertz CT molecular complexity index is 639. The molecule has 0 amide bonds.